The van der Waals surface area contributed by atoms with Gasteiger partial charge in [-0.15, -0.1) is 0 Å². The highest BCUT2D eigenvalue weighted by atomic mass is 16.5. The van der Waals surface area contributed by atoms with E-state index in [4.69, 9.17) is 9.47 Å². The Hall–Kier alpha value is -3.00. The second-order valence-electron chi connectivity index (χ2n) is 10.1. The summed E-state index contributed by atoms with van der Waals surface area (Å²) in [5.41, 5.74) is 5.30. The second kappa shape index (κ2) is 13.2. The Bertz CT molecular complexity index is 1010. The van der Waals surface area contributed by atoms with E-state index < -0.39 is 0 Å². The summed E-state index contributed by atoms with van der Waals surface area (Å²) in [7, 11) is 0. The molecule has 0 N–H and O–H groups in total. The molecular weight excluding hydrogens is 428 g/mol. The first-order valence-corrected chi connectivity index (χ1v) is 12.7. The van der Waals surface area contributed by atoms with Gasteiger partial charge >= 0.3 is 0 Å². The van der Waals surface area contributed by atoms with E-state index in [1.165, 1.54) is 28.7 Å². The molecule has 0 spiro atoms. The second-order valence-corrected chi connectivity index (χ2v) is 10.1. The summed E-state index contributed by atoms with van der Waals surface area (Å²) in [5.74, 6) is 1.72. The fraction of sp³-hybridized carbons (Fsp3) is 0.394. The van der Waals surface area contributed by atoms with Gasteiger partial charge in [0.25, 0.3) is 0 Å². The molecule has 0 aromatic heterocycles. The van der Waals surface area contributed by atoms with E-state index in [0.717, 1.165) is 24.4 Å². The van der Waals surface area contributed by atoms with Crippen LogP contribution in [0.25, 0.3) is 0 Å². The predicted octanol–water partition coefficient (Wildman–Crippen LogP) is 9.20. The van der Waals surface area contributed by atoms with E-state index in [1.54, 1.807) is 12.2 Å². The Morgan fingerprint density at radius 3 is 2.31 bits per heavy atom. The largest absolute Gasteiger partial charge is 0.490 e. The van der Waals surface area contributed by atoms with E-state index >= 15 is 0 Å². The maximum atomic E-state index is 5.78. The number of hydrogen-bond acceptors (Lipinski definition) is 2. The molecule has 0 radical (unpaired) electrons. The van der Waals surface area contributed by atoms with Gasteiger partial charge in [0, 0.05) is 10.8 Å². The van der Waals surface area contributed by atoms with Gasteiger partial charge in [-0.05, 0) is 68.5 Å². The molecule has 1 aliphatic rings. The first-order chi connectivity index (χ1) is 16.7. The number of ether oxygens (including phenoxy) is 2. The van der Waals surface area contributed by atoms with Crippen LogP contribution in [0.15, 0.2) is 109 Å². The highest BCUT2D eigenvalue weighted by molar-refractivity contribution is 5.46. The van der Waals surface area contributed by atoms with Gasteiger partial charge in [0.15, 0.2) is 0 Å². The molecule has 2 nitrogen and oxygen atoms in total. The molecule has 188 valence electrons. The molecular formula is C33H44O2. The molecule has 2 rings (SSSR count). The summed E-state index contributed by atoms with van der Waals surface area (Å²) in [4.78, 5) is 0. The number of allylic oxidation sites excluding steroid dienone is 9. The average molecular weight is 473 g/mol. The van der Waals surface area contributed by atoms with E-state index in [-0.39, 0.29) is 10.8 Å². The molecule has 0 aliphatic heterocycles. The summed E-state index contributed by atoms with van der Waals surface area (Å²) in [6.07, 6.45) is 20.0. The number of hydrogen-bond donors (Lipinski definition) is 0. The molecule has 0 fully saturated rings. The van der Waals surface area contributed by atoms with Crippen LogP contribution in [-0.4, -0.2) is 13.2 Å². The maximum Gasteiger partial charge on any atom is 0.119 e. The summed E-state index contributed by atoms with van der Waals surface area (Å²) in [6.45, 7) is 22.0. The smallest absolute Gasteiger partial charge is 0.119 e. The summed E-state index contributed by atoms with van der Waals surface area (Å²) in [5, 5.41) is 0. The van der Waals surface area contributed by atoms with Gasteiger partial charge in [-0.1, -0.05) is 101 Å². The third-order valence-electron chi connectivity index (χ3n) is 6.99. The van der Waals surface area contributed by atoms with Crippen molar-refractivity contribution in [2.45, 2.75) is 66.2 Å². The fourth-order valence-corrected chi connectivity index (χ4v) is 4.23. The zero-order valence-corrected chi connectivity index (χ0v) is 22.7. The van der Waals surface area contributed by atoms with Crippen LogP contribution in [0.2, 0.25) is 0 Å². The standard InChI is InChI=1S/C33H44O2/c1-9-14-30(34-23-10-2)20-17-26(4)32(5,6)28-15-12-13-16-29(25-28)33(7,8)27-18-21-31(22-19-27)35-24-11-3/h9-11,14,16-22,25H,2-3,12-13,15,23-24H2,1,4-8H3/b14-9-,26-17+,30-20+. The SMILES string of the molecule is C=CCOC(/C=C\C)=C/C=C(\C)C(C)(C)C1=CC(C(C)(C)c2ccc(OCC=C)cc2)=CCCC1. The molecule has 0 saturated heterocycles. The summed E-state index contributed by atoms with van der Waals surface area (Å²) < 4.78 is 11.5. The van der Waals surface area contributed by atoms with Crippen molar-refractivity contribution >= 4 is 0 Å². The quantitative estimate of drug-likeness (QED) is 0.171. The van der Waals surface area contributed by atoms with Gasteiger partial charge in [-0.3, -0.25) is 0 Å². The minimum atomic E-state index is -0.0994. The summed E-state index contributed by atoms with van der Waals surface area (Å²) >= 11 is 0. The van der Waals surface area contributed by atoms with Gasteiger partial charge in [-0.25, -0.2) is 0 Å². The van der Waals surface area contributed by atoms with Crippen molar-refractivity contribution in [1.29, 1.82) is 0 Å². The minimum absolute atomic E-state index is 0.0577. The normalized spacial score (nSPS) is 15.8. The maximum absolute atomic E-state index is 5.78. The molecule has 2 heteroatoms. The lowest BCUT2D eigenvalue weighted by Gasteiger charge is -2.32. The zero-order valence-electron chi connectivity index (χ0n) is 22.7. The summed E-state index contributed by atoms with van der Waals surface area (Å²) in [6, 6.07) is 8.49. The Kier molecular flexibility index (Phi) is 10.6. The first kappa shape index (κ1) is 28.2. The lowest BCUT2D eigenvalue weighted by atomic mass is 9.72. The lowest BCUT2D eigenvalue weighted by Crippen LogP contribution is -2.22. The van der Waals surface area contributed by atoms with Crippen molar-refractivity contribution in [2.24, 2.45) is 5.41 Å². The van der Waals surface area contributed by atoms with Gasteiger partial charge < -0.3 is 9.47 Å². The van der Waals surface area contributed by atoms with Gasteiger partial charge in [0.2, 0.25) is 0 Å². The van der Waals surface area contributed by atoms with E-state index in [1.807, 2.05) is 19.1 Å². The topological polar surface area (TPSA) is 18.5 Å². The molecule has 0 saturated carbocycles. The molecule has 0 bridgehead atoms. The van der Waals surface area contributed by atoms with E-state index in [0.29, 0.717) is 13.2 Å². The lowest BCUT2D eigenvalue weighted by molar-refractivity contribution is 0.262. The first-order valence-electron chi connectivity index (χ1n) is 12.7. The third-order valence-corrected chi connectivity index (χ3v) is 6.99. The van der Waals surface area contributed by atoms with Gasteiger partial charge in [0.05, 0.1) is 0 Å². The van der Waals surface area contributed by atoms with Crippen LogP contribution in [0, 0.1) is 5.41 Å². The van der Waals surface area contributed by atoms with Crippen molar-refractivity contribution in [2.75, 3.05) is 13.2 Å². The molecule has 1 aromatic rings. The molecule has 35 heavy (non-hydrogen) atoms. The van der Waals surface area contributed by atoms with E-state index in [2.05, 4.69) is 96.3 Å². The molecule has 0 amide bonds. The van der Waals surface area contributed by atoms with Crippen molar-refractivity contribution < 1.29 is 9.47 Å². The zero-order chi connectivity index (χ0) is 25.9. The molecule has 1 aliphatic carbocycles. The monoisotopic (exact) mass is 472 g/mol. The minimum Gasteiger partial charge on any atom is -0.490 e. The van der Waals surface area contributed by atoms with Crippen molar-refractivity contribution in [1.82, 2.24) is 0 Å². The number of rotatable bonds is 12. The Balaban J connectivity index is 2.35. The van der Waals surface area contributed by atoms with E-state index in [9.17, 15) is 0 Å². The van der Waals surface area contributed by atoms with Gasteiger partial charge in [0.1, 0.15) is 24.7 Å². The average Bonchev–Trinajstić information content (AvgIpc) is 3.12. The molecule has 1 aromatic carbocycles. The third kappa shape index (κ3) is 7.75. The van der Waals surface area contributed by atoms with Crippen molar-refractivity contribution in [3.8, 4) is 5.75 Å². The Morgan fingerprint density at radius 2 is 1.69 bits per heavy atom. The highest BCUT2D eigenvalue weighted by Gasteiger charge is 2.30. The molecule has 0 atom stereocenters. The molecule has 0 heterocycles. The van der Waals surface area contributed by atoms with Crippen LogP contribution in [0.3, 0.4) is 0 Å². The predicted molar refractivity (Wildman–Crippen MR) is 152 cm³/mol. The fourth-order valence-electron chi connectivity index (χ4n) is 4.23. The van der Waals surface area contributed by atoms with Crippen LogP contribution in [-0.2, 0) is 10.2 Å². The van der Waals surface area contributed by atoms with Crippen molar-refractivity contribution in [3.63, 3.8) is 0 Å². The van der Waals surface area contributed by atoms with Crippen LogP contribution >= 0.6 is 0 Å². The number of benzene rings is 1. The van der Waals surface area contributed by atoms with Crippen molar-refractivity contribution in [3.05, 3.63) is 114 Å². The van der Waals surface area contributed by atoms with Crippen LogP contribution in [0.1, 0.15) is 66.4 Å². The molecule has 0 unspecified atom stereocenters. The van der Waals surface area contributed by atoms with Crippen LogP contribution in [0.4, 0.5) is 0 Å². The Labute approximate surface area is 214 Å². The van der Waals surface area contributed by atoms with Crippen LogP contribution in [0.5, 0.6) is 5.75 Å². The van der Waals surface area contributed by atoms with Crippen LogP contribution < -0.4 is 4.74 Å². The Morgan fingerprint density at radius 1 is 1.00 bits per heavy atom. The van der Waals surface area contributed by atoms with Gasteiger partial charge in [-0.2, -0.15) is 0 Å². The highest BCUT2D eigenvalue weighted by Crippen LogP contribution is 2.43.